The van der Waals surface area contributed by atoms with Crippen LogP contribution < -0.4 is 4.74 Å². The number of nitrogens with zero attached hydrogens (tertiary/aromatic N) is 1. The molecule has 0 spiro atoms. The second kappa shape index (κ2) is 14.5. The van der Waals surface area contributed by atoms with Crippen molar-refractivity contribution in [2.75, 3.05) is 13.7 Å². The summed E-state index contributed by atoms with van der Waals surface area (Å²) in [7, 11) is 1.34. The van der Waals surface area contributed by atoms with Gasteiger partial charge in [-0.3, -0.25) is 19.3 Å². The molecule has 3 aliphatic rings. The number of aliphatic hydroxyl groups is 3. The van der Waals surface area contributed by atoms with Crippen molar-refractivity contribution in [2.24, 2.45) is 0 Å². The summed E-state index contributed by atoms with van der Waals surface area (Å²) in [5.41, 5.74) is -1.59. The van der Waals surface area contributed by atoms with E-state index in [4.69, 9.17) is 14.2 Å². The third-order valence-electron chi connectivity index (χ3n) is 10.7. The van der Waals surface area contributed by atoms with Crippen LogP contribution in [0.15, 0.2) is 78.9 Å². The van der Waals surface area contributed by atoms with Gasteiger partial charge in [0.15, 0.2) is 17.9 Å². The van der Waals surface area contributed by atoms with E-state index in [0.717, 1.165) is 11.1 Å². The molecule has 12 nitrogen and oxygen atoms in total. The number of aliphatic hydroxyl groups excluding tert-OH is 2. The number of carbonyl (C=O) groups is 3. The molecule has 1 saturated heterocycles. The fourth-order valence-electron chi connectivity index (χ4n) is 7.98. The molecule has 0 radical (unpaired) electrons. The van der Waals surface area contributed by atoms with Crippen LogP contribution >= 0.6 is 0 Å². The van der Waals surface area contributed by atoms with Crippen molar-refractivity contribution in [3.8, 4) is 17.2 Å². The number of phenols is 2. The lowest BCUT2D eigenvalue weighted by Gasteiger charge is -2.45. The fourth-order valence-corrected chi connectivity index (χ4v) is 7.98. The van der Waals surface area contributed by atoms with E-state index >= 15 is 0 Å². The minimum atomic E-state index is -2.28. The van der Waals surface area contributed by atoms with Gasteiger partial charge in [-0.1, -0.05) is 72.8 Å². The summed E-state index contributed by atoms with van der Waals surface area (Å²) in [6.07, 6.45) is -5.09. The highest BCUT2D eigenvalue weighted by atomic mass is 16.7. The van der Waals surface area contributed by atoms with E-state index in [0.29, 0.717) is 13.1 Å². The molecule has 4 aromatic rings. The van der Waals surface area contributed by atoms with E-state index in [9.17, 15) is 39.9 Å². The van der Waals surface area contributed by atoms with Gasteiger partial charge in [-0.15, -0.1) is 0 Å². The average Bonchev–Trinajstić information content (AvgIpc) is 3.16. The van der Waals surface area contributed by atoms with Crippen LogP contribution in [-0.4, -0.2) is 91.6 Å². The molecule has 6 atom stereocenters. The van der Waals surface area contributed by atoms with Crippen molar-refractivity contribution in [3.05, 3.63) is 123 Å². The number of methoxy groups -OCH3 is 1. The number of Topliss-reactive ketones (excluding diaryl/α,β-unsaturated/α-hetero) is 1. The Bertz CT molecular complexity index is 2010. The SMILES string of the molecule is COc1cccc2c1C(=O)c1c(O)c3c(c(O)c1C2=O)C[C@@](O)(C(=O)CO)C[C@@H]3O[C@H]1C[C@H](N(Cc2ccccc2)Cc2ccccc2)[C@H](O)[C@H](C)O1. The van der Waals surface area contributed by atoms with Gasteiger partial charge in [-0.2, -0.15) is 0 Å². The number of fused-ring (bicyclic) bond motifs is 3. The van der Waals surface area contributed by atoms with Gasteiger partial charge in [0.2, 0.25) is 5.78 Å². The minimum absolute atomic E-state index is 0.0495. The Hall–Kier alpha value is -4.95. The molecule has 1 aliphatic heterocycles. The van der Waals surface area contributed by atoms with Crippen LogP contribution in [-0.2, 0) is 33.8 Å². The largest absolute Gasteiger partial charge is 0.507 e. The molecule has 0 amide bonds. The molecule has 1 fully saturated rings. The third kappa shape index (κ3) is 6.52. The van der Waals surface area contributed by atoms with Crippen LogP contribution in [0, 0.1) is 0 Å². The highest BCUT2D eigenvalue weighted by Gasteiger charge is 2.50. The molecular formula is C41H41NO11. The molecule has 2 aliphatic carbocycles. The first-order valence-corrected chi connectivity index (χ1v) is 17.5. The van der Waals surface area contributed by atoms with Crippen LogP contribution in [0.5, 0.6) is 17.2 Å². The van der Waals surface area contributed by atoms with E-state index in [-0.39, 0.29) is 34.4 Å². The highest BCUT2D eigenvalue weighted by molar-refractivity contribution is 6.31. The lowest BCUT2D eigenvalue weighted by Crippen LogP contribution is -2.55. The number of benzene rings is 4. The van der Waals surface area contributed by atoms with E-state index in [1.54, 1.807) is 6.92 Å². The topological polar surface area (TPSA) is 183 Å². The molecule has 7 rings (SSSR count). The molecule has 276 valence electrons. The maximum Gasteiger partial charge on any atom is 0.202 e. The monoisotopic (exact) mass is 723 g/mol. The Kier molecular flexibility index (Phi) is 9.94. The second-order valence-corrected chi connectivity index (χ2v) is 13.9. The van der Waals surface area contributed by atoms with Gasteiger partial charge in [0, 0.05) is 55.1 Å². The minimum Gasteiger partial charge on any atom is -0.507 e. The molecule has 0 unspecified atom stereocenters. The Morgan fingerprint density at radius 2 is 1.51 bits per heavy atom. The molecule has 0 aromatic heterocycles. The van der Waals surface area contributed by atoms with Crippen molar-refractivity contribution in [1.29, 1.82) is 0 Å². The zero-order valence-electron chi connectivity index (χ0n) is 29.3. The Labute approximate surface area is 305 Å². The number of carbonyl (C=O) groups excluding carboxylic acids is 3. The zero-order chi connectivity index (χ0) is 37.6. The number of hydrogen-bond donors (Lipinski definition) is 5. The summed E-state index contributed by atoms with van der Waals surface area (Å²) in [6, 6.07) is 23.5. The van der Waals surface area contributed by atoms with Gasteiger partial charge in [-0.05, 0) is 24.1 Å². The van der Waals surface area contributed by atoms with Gasteiger partial charge >= 0.3 is 0 Å². The van der Waals surface area contributed by atoms with E-state index in [1.165, 1.54) is 25.3 Å². The van der Waals surface area contributed by atoms with Gasteiger partial charge in [0.25, 0.3) is 0 Å². The van der Waals surface area contributed by atoms with Crippen LogP contribution in [0.2, 0.25) is 0 Å². The summed E-state index contributed by atoms with van der Waals surface area (Å²) in [4.78, 5) is 43.0. The van der Waals surface area contributed by atoms with Crippen LogP contribution in [0.4, 0.5) is 0 Å². The number of ketones is 3. The normalized spacial score (nSPS) is 25.1. The first-order chi connectivity index (χ1) is 25.4. The second-order valence-electron chi connectivity index (χ2n) is 13.9. The van der Waals surface area contributed by atoms with Crippen LogP contribution in [0.25, 0.3) is 0 Å². The predicted molar refractivity (Wildman–Crippen MR) is 190 cm³/mol. The molecule has 53 heavy (non-hydrogen) atoms. The maximum absolute atomic E-state index is 14.0. The predicted octanol–water partition coefficient (Wildman–Crippen LogP) is 3.75. The lowest BCUT2D eigenvalue weighted by atomic mass is 9.72. The van der Waals surface area contributed by atoms with Crippen LogP contribution in [0.1, 0.15) is 80.0 Å². The summed E-state index contributed by atoms with van der Waals surface area (Å²) < 4.78 is 18.0. The molecule has 0 bridgehead atoms. The third-order valence-corrected chi connectivity index (χ3v) is 10.7. The van der Waals surface area contributed by atoms with E-state index in [2.05, 4.69) is 4.90 Å². The number of rotatable bonds is 10. The Balaban J connectivity index is 1.29. The van der Waals surface area contributed by atoms with Gasteiger partial charge in [0.1, 0.15) is 29.5 Å². The van der Waals surface area contributed by atoms with Crippen molar-refractivity contribution in [2.45, 2.75) is 75.5 Å². The molecule has 4 aromatic carbocycles. The van der Waals surface area contributed by atoms with Crippen molar-refractivity contribution < 1.29 is 54.1 Å². The smallest absolute Gasteiger partial charge is 0.202 e. The highest BCUT2D eigenvalue weighted by Crippen LogP contribution is 2.52. The molecular weight excluding hydrogens is 682 g/mol. The van der Waals surface area contributed by atoms with E-state index < -0.39 is 95.7 Å². The summed E-state index contributed by atoms with van der Waals surface area (Å²) in [5.74, 6) is -3.74. The zero-order valence-corrected chi connectivity index (χ0v) is 29.3. The number of hydrogen-bond acceptors (Lipinski definition) is 12. The van der Waals surface area contributed by atoms with Crippen LogP contribution in [0.3, 0.4) is 0 Å². The van der Waals surface area contributed by atoms with Gasteiger partial charge in [-0.25, -0.2) is 0 Å². The fraction of sp³-hybridized carbons (Fsp3) is 0.341. The Morgan fingerprint density at radius 1 is 0.887 bits per heavy atom. The van der Waals surface area contributed by atoms with Gasteiger partial charge in [0.05, 0.1) is 42.1 Å². The van der Waals surface area contributed by atoms with Crippen molar-refractivity contribution in [3.63, 3.8) is 0 Å². The first-order valence-electron chi connectivity index (χ1n) is 17.5. The van der Waals surface area contributed by atoms with Gasteiger partial charge < -0.3 is 39.7 Å². The maximum atomic E-state index is 14.0. The number of phenolic OH excluding ortho intramolecular Hbond substituents is 2. The van der Waals surface area contributed by atoms with Crippen molar-refractivity contribution in [1.82, 2.24) is 4.90 Å². The number of ether oxygens (including phenoxy) is 3. The lowest BCUT2D eigenvalue weighted by molar-refractivity contribution is -0.259. The summed E-state index contributed by atoms with van der Waals surface area (Å²) in [6.45, 7) is 1.64. The summed E-state index contributed by atoms with van der Waals surface area (Å²) >= 11 is 0. The summed E-state index contributed by atoms with van der Waals surface area (Å²) in [5, 5.41) is 56.6. The first kappa shape index (κ1) is 36.4. The number of aromatic hydroxyl groups is 2. The molecule has 1 heterocycles. The van der Waals surface area contributed by atoms with E-state index in [1.807, 2.05) is 60.7 Å². The standard InChI is InChI=1S/C41H41NO11/c1-22-36(45)27(42(19-23-10-5-3-6-11-23)20-24-12-7-4-8-13-24)16-31(52-22)53-29-18-41(50,30(44)21-43)17-26-33(29)40(49)35-34(38(26)47)37(46)25-14-9-15-28(51-2)32(25)39(35)48/h3-15,22,27,29,31,36,43,45,47,49-50H,16-21H2,1-2H3/t22-,27-,29-,31-,36+,41-/m0/s1. The molecule has 12 heteroatoms. The average molecular weight is 724 g/mol. The quantitative estimate of drug-likeness (QED) is 0.132. The Morgan fingerprint density at radius 3 is 2.11 bits per heavy atom. The van der Waals surface area contributed by atoms with Crippen molar-refractivity contribution >= 4 is 17.3 Å². The molecule has 5 N–H and O–H groups in total. The molecule has 0 saturated carbocycles.